The number of hydrogen-bond acceptors (Lipinski definition) is 8. The van der Waals surface area contributed by atoms with E-state index < -0.39 is 25.4 Å². The summed E-state index contributed by atoms with van der Waals surface area (Å²) in [7, 11) is 1.07. The second kappa shape index (κ2) is 10.6. The third kappa shape index (κ3) is 4.75. The third-order valence-electron chi connectivity index (χ3n) is 5.37. The van der Waals surface area contributed by atoms with Gasteiger partial charge < -0.3 is 18.5 Å². The number of ether oxygens (including phenoxy) is 2. The first-order chi connectivity index (χ1) is 15.4. The molecule has 0 saturated carbocycles. The van der Waals surface area contributed by atoms with Crippen molar-refractivity contribution in [1.29, 1.82) is 0 Å². The molecule has 0 unspecified atom stereocenters. The fourth-order valence-electron chi connectivity index (χ4n) is 4.02. The van der Waals surface area contributed by atoms with Gasteiger partial charge in [0.05, 0.1) is 33.0 Å². The van der Waals surface area contributed by atoms with Crippen molar-refractivity contribution < 1.29 is 32.7 Å². The number of carbonyl (C=O) groups excluding carboxylic acids is 1. The van der Waals surface area contributed by atoms with Crippen molar-refractivity contribution >= 4 is 13.4 Å². The Bertz CT molecular complexity index is 955. The van der Waals surface area contributed by atoms with Gasteiger partial charge in [-0.15, -0.1) is 0 Å². The van der Waals surface area contributed by atoms with Crippen LogP contribution in [0.4, 0.5) is 0 Å². The largest absolute Gasteiger partial charge is 0.497 e. The SMILES string of the molecule is CCOP(=O)(OCC)[C@@H]1[C@H](c2ccc(OC)cc2)[C@@H](C(=O)c2ccccc2OC)ON1C. The zero-order valence-electron chi connectivity index (χ0n) is 19.0. The predicted molar refractivity (Wildman–Crippen MR) is 120 cm³/mol. The van der Waals surface area contributed by atoms with E-state index in [-0.39, 0.29) is 19.0 Å². The number of carbonyl (C=O) groups is 1. The van der Waals surface area contributed by atoms with Crippen LogP contribution in [0.2, 0.25) is 0 Å². The number of Topliss-reactive ketones (excluding diaryl/α,β-unsaturated/α-hetero) is 1. The monoisotopic (exact) mass is 463 g/mol. The molecule has 0 aliphatic carbocycles. The Morgan fingerprint density at radius 1 is 1.00 bits per heavy atom. The molecule has 1 fully saturated rings. The van der Waals surface area contributed by atoms with Crippen molar-refractivity contribution in [3.8, 4) is 11.5 Å². The maximum absolute atomic E-state index is 13.8. The van der Waals surface area contributed by atoms with Gasteiger partial charge in [0.1, 0.15) is 17.3 Å². The smallest absolute Gasteiger partial charge is 0.350 e. The van der Waals surface area contributed by atoms with Crippen molar-refractivity contribution in [1.82, 2.24) is 5.06 Å². The highest BCUT2D eigenvalue weighted by Gasteiger charge is 2.56. The Balaban J connectivity index is 2.11. The van der Waals surface area contributed by atoms with Crippen molar-refractivity contribution in [2.75, 3.05) is 34.5 Å². The zero-order chi connectivity index (χ0) is 23.3. The van der Waals surface area contributed by atoms with E-state index in [9.17, 15) is 9.36 Å². The standard InChI is InChI=1S/C23H30NO7P/c1-6-29-32(26,30-7-2)23-20(16-12-14-17(27-4)15-13-16)22(31-24(23)3)21(25)18-10-8-9-11-19(18)28-5/h8-15,20,22-23H,6-7H2,1-5H3/t20-,22+,23-/m1/s1. The molecule has 3 rings (SSSR count). The normalized spacial score (nSPS) is 21.5. The minimum absolute atomic E-state index is 0.196. The minimum Gasteiger partial charge on any atom is -0.497 e. The highest BCUT2D eigenvalue weighted by Crippen LogP contribution is 2.61. The van der Waals surface area contributed by atoms with Crippen LogP contribution >= 0.6 is 7.60 Å². The Morgan fingerprint density at radius 3 is 2.19 bits per heavy atom. The van der Waals surface area contributed by atoms with E-state index >= 15 is 0 Å². The summed E-state index contributed by atoms with van der Waals surface area (Å²) in [6.07, 6.45) is -0.955. The number of likely N-dealkylation sites (N-methyl/N-ethyl adjacent to an activating group) is 1. The van der Waals surface area contributed by atoms with Crippen LogP contribution < -0.4 is 9.47 Å². The first-order valence-corrected chi connectivity index (χ1v) is 12.1. The van der Waals surface area contributed by atoms with E-state index in [0.717, 1.165) is 5.56 Å². The molecular weight excluding hydrogens is 433 g/mol. The molecule has 0 bridgehead atoms. The molecule has 0 aromatic heterocycles. The van der Waals surface area contributed by atoms with Gasteiger partial charge in [0.25, 0.3) is 0 Å². The number of hydrogen-bond donors (Lipinski definition) is 0. The molecule has 1 heterocycles. The van der Waals surface area contributed by atoms with Crippen LogP contribution in [-0.4, -0.2) is 57.2 Å². The Kier molecular flexibility index (Phi) is 8.09. The molecule has 0 spiro atoms. The quantitative estimate of drug-likeness (QED) is 0.376. The Hall–Kier alpha value is -2.22. The van der Waals surface area contributed by atoms with Crippen LogP contribution in [0.3, 0.4) is 0 Å². The van der Waals surface area contributed by atoms with Gasteiger partial charge in [-0.05, 0) is 43.7 Å². The molecule has 32 heavy (non-hydrogen) atoms. The molecule has 0 N–H and O–H groups in total. The molecule has 8 nitrogen and oxygen atoms in total. The summed E-state index contributed by atoms with van der Waals surface area (Å²) in [5.41, 5.74) is 1.14. The summed E-state index contributed by atoms with van der Waals surface area (Å²) < 4.78 is 35.8. The molecule has 1 aliphatic heterocycles. The van der Waals surface area contributed by atoms with Crippen LogP contribution in [0.1, 0.15) is 35.7 Å². The average molecular weight is 463 g/mol. The summed E-state index contributed by atoms with van der Waals surface area (Å²) >= 11 is 0. The van der Waals surface area contributed by atoms with Gasteiger partial charge >= 0.3 is 7.60 Å². The van der Waals surface area contributed by atoms with Gasteiger partial charge in [-0.1, -0.05) is 24.3 Å². The number of rotatable bonds is 10. The Morgan fingerprint density at radius 2 is 1.62 bits per heavy atom. The number of para-hydroxylation sites is 1. The number of hydroxylamine groups is 2. The van der Waals surface area contributed by atoms with Crippen LogP contribution in [0.25, 0.3) is 0 Å². The number of ketones is 1. The van der Waals surface area contributed by atoms with Crippen LogP contribution in [0.5, 0.6) is 11.5 Å². The van der Waals surface area contributed by atoms with Crippen molar-refractivity contribution in [3.05, 3.63) is 59.7 Å². The maximum Gasteiger partial charge on any atom is 0.350 e. The first-order valence-electron chi connectivity index (χ1n) is 10.5. The molecule has 2 aromatic carbocycles. The van der Waals surface area contributed by atoms with E-state index in [2.05, 4.69) is 0 Å². The Labute approximate surface area is 188 Å². The van der Waals surface area contributed by atoms with Gasteiger partial charge in [0, 0.05) is 13.0 Å². The van der Waals surface area contributed by atoms with Crippen molar-refractivity contribution in [2.45, 2.75) is 31.7 Å². The van der Waals surface area contributed by atoms with Gasteiger partial charge in [0.15, 0.2) is 11.9 Å². The van der Waals surface area contributed by atoms with E-state index in [1.807, 2.05) is 12.1 Å². The molecule has 2 aromatic rings. The lowest BCUT2D eigenvalue weighted by atomic mass is 9.89. The van der Waals surface area contributed by atoms with E-state index in [1.54, 1.807) is 64.4 Å². The van der Waals surface area contributed by atoms with Crippen molar-refractivity contribution in [2.24, 2.45) is 0 Å². The van der Waals surface area contributed by atoms with Gasteiger partial charge in [-0.25, -0.2) is 0 Å². The minimum atomic E-state index is -3.66. The highest BCUT2D eigenvalue weighted by atomic mass is 31.2. The third-order valence-corrected chi connectivity index (χ3v) is 7.90. The number of methoxy groups -OCH3 is 2. The fraction of sp³-hybridized carbons (Fsp3) is 0.435. The second-order valence-corrected chi connectivity index (χ2v) is 9.35. The lowest BCUT2D eigenvalue weighted by Crippen LogP contribution is -2.32. The van der Waals surface area contributed by atoms with E-state index in [4.69, 9.17) is 23.4 Å². The van der Waals surface area contributed by atoms with E-state index in [1.165, 1.54) is 12.2 Å². The second-order valence-electron chi connectivity index (χ2n) is 7.22. The summed E-state index contributed by atoms with van der Waals surface area (Å²) in [5, 5.41) is 1.43. The lowest BCUT2D eigenvalue weighted by Gasteiger charge is -2.30. The topological polar surface area (TPSA) is 83.5 Å². The molecule has 174 valence electrons. The summed E-state index contributed by atoms with van der Waals surface area (Å²) in [6.45, 7) is 3.90. The zero-order valence-corrected chi connectivity index (χ0v) is 19.9. The van der Waals surface area contributed by atoms with Gasteiger partial charge in [-0.3, -0.25) is 14.2 Å². The molecule has 1 saturated heterocycles. The van der Waals surface area contributed by atoms with Crippen LogP contribution in [-0.2, 0) is 18.5 Å². The molecule has 1 aliphatic rings. The average Bonchev–Trinajstić information content (AvgIpc) is 3.16. The fourth-order valence-corrected chi connectivity index (χ4v) is 6.30. The van der Waals surface area contributed by atoms with Crippen LogP contribution in [0, 0.1) is 0 Å². The van der Waals surface area contributed by atoms with Gasteiger partial charge in [0.2, 0.25) is 0 Å². The molecule has 3 atom stereocenters. The summed E-state index contributed by atoms with van der Waals surface area (Å²) in [4.78, 5) is 19.7. The number of nitrogens with zero attached hydrogens (tertiary/aromatic N) is 1. The number of benzene rings is 2. The lowest BCUT2D eigenvalue weighted by molar-refractivity contribution is -0.122. The van der Waals surface area contributed by atoms with Crippen molar-refractivity contribution in [3.63, 3.8) is 0 Å². The predicted octanol–water partition coefficient (Wildman–Crippen LogP) is 4.51. The molecule has 0 radical (unpaired) electrons. The molecule has 0 amide bonds. The summed E-state index contributed by atoms with van der Waals surface area (Å²) in [5.74, 6) is -0.606. The van der Waals surface area contributed by atoms with Crippen LogP contribution in [0.15, 0.2) is 48.5 Å². The highest BCUT2D eigenvalue weighted by molar-refractivity contribution is 7.54. The van der Waals surface area contributed by atoms with E-state index in [0.29, 0.717) is 17.1 Å². The first kappa shape index (κ1) is 24.4. The maximum atomic E-state index is 13.8. The van der Waals surface area contributed by atoms with Gasteiger partial charge in [-0.2, -0.15) is 5.06 Å². The summed E-state index contributed by atoms with van der Waals surface area (Å²) in [6, 6.07) is 14.2. The molecular formula is C23H30NO7P. The molecule has 9 heteroatoms.